The summed E-state index contributed by atoms with van der Waals surface area (Å²) < 4.78 is 0. The molecule has 10 atom stereocenters. The van der Waals surface area contributed by atoms with Crippen molar-refractivity contribution >= 4 is 68.0 Å². The van der Waals surface area contributed by atoms with E-state index in [-0.39, 0.29) is 0 Å². The normalized spacial score (nSPS) is 34.9. The fourth-order valence-corrected chi connectivity index (χ4v) is 17.0. The molecular weight excluding hydrogens is 769 g/mol. The minimum atomic E-state index is 0.709. The van der Waals surface area contributed by atoms with Gasteiger partial charge in [0.1, 0.15) is 0 Å². The summed E-state index contributed by atoms with van der Waals surface area (Å²) in [5.74, 6) is 9.26. The zero-order chi connectivity index (χ0) is 35.8. The second kappa shape index (κ2) is 16.6. The first-order chi connectivity index (χ1) is 26.7. The molecule has 0 N–H and O–H groups in total. The molecule has 0 amide bonds. The molecule has 0 radical (unpaired) electrons. The van der Waals surface area contributed by atoms with Crippen LogP contribution in [0.25, 0.3) is 0 Å². The Morgan fingerprint density at radius 3 is 0.611 bits per heavy atom. The summed E-state index contributed by atoms with van der Waals surface area (Å²) in [6.07, 6.45) is 16.8. The zero-order valence-electron chi connectivity index (χ0n) is 31.3. The molecule has 6 aromatic rings. The third-order valence-electron chi connectivity index (χ3n) is 15.1. The third kappa shape index (κ3) is 7.88. The van der Waals surface area contributed by atoms with Crippen LogP contribution in [0.3, 0.4) is 0 Å². The molecule has 10 unspecified atom stereocenters. The van der Waals surface area contributed by atoms with Crippen molar-refractivity contribution in [2.75, 3.05) is 0 Å². The fraction of sp³-hybridized carbons (Fsp3) is 0.500. The topological polar surface area (TPSA) is 0 Å². The highest BCUT2D eigenvalue weighted by Crippen LogP contribution is 2.58. The third-order valence-corrected chi connectivity index (χ3v) is 19.3. The summed E-state index contributed by atoms with van der Waals surface area (Å²) in [5.41, 5.74) is 9.79. The average molecular weight is 823 g/mol. The van der Waals surface area contributed by atoms with E-state index in [1.54, 1.807) is 33.4 Å². The van der Waals surface area contributed by atoms with E-state index in [0.717, 1.165) is 47.3 Å². The number of hydrogen-bond acceptors (Lipinski definition) is 6. The molecule has 0 aliphatic heterocycles. The van der Waals surface area contributed by atoms with E-state index in [1.165, 1.54) is 77.0 Å². The molecular formula is C48H54S6. The number of rotatable bonds is 9. The first kappa shape index (κ1) is 36.5. The minimum absolute atomic E-state index is 0.709. The molecule has 0 bridgehead atoms. The Labute approximate surface area is 347 Å². The van der Waals surface area contributed by atoms with Crippen LogP contribution in [0.5, 0.6) is 0 Å². The Morgan fingerprint density at radius 2 is 0.426 bits per heavy atom. The second-order valence-electron chi connectivity index (χ2n) is 17.9. The summed E-state index contributed by atoms with van der Waals surface area (Å²) in [6, 6.07) is 14.8. The summed E-state index contributed by atoms with van der Waals surface area (Å²) in [7, 11) is 0. The standard InChI is InChI=1S/C48H54S6/c1-7-49-25-31(1)37-13-38(32-2-8-50-26-32)16-43(15-37)45-19-41(35-5-11-53-29-35)21-47(23-45)48-22-42(36-6-12-54-30-36)20-46(24-48)44-17-39(33-3-9-51-27-33)14-40(18-44)34-4-10-52-28-34/h1-12,25-30,37-48H,13-24H2. The van der Waals surface area contributed by atoms with Crippen LogP contribution in [-0.2, 0) is 0 Å². The predicted molar refractivity (Wildman–Crippen MR) is 239 cm³/mol. The van der Waals surface area contributed by atoms with Gasteiger partial charge in [0.25, 0.3) is 0 Å². The maximum atomic E-state index is 2.52. The molecule has 10 rings (SSSR count). The first-order valence-corrected chi connectivity index (χ1v) is 26.5. The Bertz CT molecular complexity index is 1720. The van der Waals surface area contributed by atoms with Gasteiger partial charge in [-0.2, -0.15) is 68.0 Å². The van der Waals surface area contributed by atoms with Crippen LogP contribution in [0.15, 0.2) is 101 Å². The van der Waals surface area contributed by atoms with E-state index in [0.29, 0.717) is 23.7 Å². The Kier molecular flexibility index (Phi) is 11.2. The summed E-state index contributed by atoms with van der Waals surface area (Å²) in [5, 5.41) is 28.9. The largest absolute Gasteiger partial charge is 0.152 e. The summed E-state index contributed by atoms with van der Waals surface area (Å²) in [4.78, 5) is 0. The molecule has 6 heteroatoms. The minimum Gasteiger partial charge on any atom is -0.152 e. The van der Waals surface area contributed by atoms with Gasteiger partial charge in [-0.05, 0) is 282 Å². The van der Waals surface area contributed by atoms with Gasteiger partial charge in [-0.25, -0.2) is 0 Å². The SMILES string of the molecule is c1cc(C2CC(c3ccsc3)CC(C3CC(c4ccsc4)CC(C4CC(c5ccsc5)CC(C5CC(c6ccsc6)CC(c6ccsc6)C5)C4)C3)C2)cs1. The lowest BCUT2D eigenvalue weighted by Crippen LogP contribution is -2.38. The Balaban J connectivity index is 0.954. The number of thiophene rings is 6. The molecule has 4 fully saturated rings. The van der Waals surface area contributed by atoms with Gasteiger partial charge < -0.3 is 0 Å². The number of hydrogen-bond donors (Lipinski definition) is 0. The summed E-state index contributed by atoms with van der Waals surface area (Å²) in [6.45, 7) is 0. The van der Waals surface area contributed by atoms with Gasteiger partial charge in [0.15, 0.2) is 0 Å². The molecule has 4 saturated carbocycles. The van der Waals surface area contributed by atoms with Crippen molar-refractivity contribution in [1.82, 2.24) is 0 Å². The van der Waals surface area contributed by atoms with Gasteiger partial charge in [0.2, 0.25) is 0 Å². The van der Waals surface area contributed by atoms with Crippen molar-refractivity contribution in [1.29, 1.82) is 0 Å². The highest BCUT2D eigenvalue weighted by molar-refractivity contribution is 7.09. The van der Waals surface area contributed by atoms with Crippen LogP contribution < -0.4 is 0 Å². The molecule has 54 heavy (non-hydrogen) atoms. The smallest absolute Gasteiger partial charge is 0.00584 e. The van der Waals surface area contributed by atoms with Crippen LogP contribution >= 0.6 is 68.0 Å². The molecule has 6 heterocycles. The average Bonchev–Trinajstić information content (AvgIpc) is 4.09. The lowest BCUT2D eigenvalue weighted by atomic mass is 9.56. The highest BCUT2D eigenvalue weighted by Gasteiger charge is 2.45. The van der Waals surface area contributed by atoms with E-state index in [9.17, 15) is 0 Å². The highest BCUT2D eigenvalue weighted by atomic mass is 32.1. The van der Waals surface area contributed by atoms with Gasteiger partial charge in [0, 0.05) is 0 Å². The van der Waals surface area contributed by atoms with Gasteiger partial charge >= 0.3 is 0 Å². The van der Waals surface area contributed by atoms with Crippen molar-refractivity contribution in [3.05, 3.63) is 134 Å². The second-order valence-corrected chi connectivity index (χ2v) is 22.6. The maximum absolute atomic E-state index is 2.52. The van der Waals surface area contributed by atoms with Gasteiger partial charge in [-0.1, -0.05) is 0 Å². The lowest BCUT2D eigenvalue weighted by molar-refractivity contribution is 0.0535. The van der Waals surface area contributed by atoms with E-state index >= 15 is 0 Å². The van der Waals surface area contributed by atoms with Crippen LogP contribution in [0, 0.1) is 35.5 Å². The predicted octanol–water partition coefficient (Wildman–Crippen LogP) is 16.5. The van der Waals surface area contributed by atoms with Crippen molar-refractivity contribution in [3.63, 3.8) is 0 Å². The quantitative estimate of drug-likeness (QED) is 0.136. The lowest BCUT2D eigenvalue weighted by Gasteiger charge is -2.49. The molecule has 282 valence electrons. The zero-order valence-corrected chi connectivity index (χ0v) is 36.2. The Hall–Kier alpha value is -1.80. The summed E-state index contributed by atoms with van der Waals surface area (Å²) >= 11 is 11.5. The van der Waals surface area contributed by atoms with E-state index in [4.69, 9.17) is 0 Å². The van der Waals surface area contributed by atoms with E-state index in [1.807, 2.05) is 68.0 Å². The van der Waals surface area contributed by atoms with Crippen LogP contribution in [0.4, 0.5) is 0 Å². The van der Waals surface area contributed by atoms with Crippen LogP contribution in [-0.4, -0.2) is 0 Å². The van der Waals surface area contributed by atoms with Gasteiger partial charge in [0.05, 0.1) is 0 Å². The van der Waals surface area contributed by atoms with Crippen molar-refractivity contribution in [2.45, 2.75) is 113 Å². The van der Waals surface area contributed by atoms with Crippen molar-refractivity contribution in [3.8, 4) is 0 Å². The fourth-order valence-electron chi connectivity index (χ4n) is 12.5. The molecule has 4 aliphatic rings. The van der Waals surface area contributed by atoms with Crippen LogP contribution in [0.2, 0.25) is 0 Å². The van der Waals surface area contributed by atoms with Crippen LogP contribution in [0.1, 0.15) is 146 Å². The molecule has 0 nitrogen and oxygen atoms in total. The molecule has 0 spiro atoms. The van der Waals surface area contributed by atoms with E-state index in [2.05, 4.69) is 101 Å². The van der Waals surface area contributed by atoms with E-state index < -0.39 is 0 Å². The maximum Gasteiger partial charge on any atom is -0.00584 e. The van der Waals surface area contributed by atoms with Crippen molar-refractivity contribution in [2.24, 2.45) is 35.5 Å². The molecule has 4 aliphatic carbocycles. The molecule has 0 aromatic carbocycles. The molecule has 6 aromatic heterocycles. The monoisotopic (exact) mass is 822 g/mol. The van der Waals surface area contributed by atoms with Crippen molar-refractivity contribution < 1.29 is 0 Å². The first-order valence-electron chi connectivity index (χ1n) is 20.8. The molecule has 0 saturated heterocycles. The van der Waals surface area contributed by atoms with Gasteiger partial charge in [-0.15, -0.1) is 0 Å². The Morgan fingerprint density at radius 1 is 0.241 bits per heavy atom. The van der Waals surface area contributed by atoms with Gasteiger partial charge in [-0.3, -0.25) is 0 Å².